The summed E-state index contributed by atoms with van der Waals surface area (Å²) in [5, 5.41) is 0.727. The van der Waals surface area contributed by atoms with Gasteiger partial charge in [-0.05, 0) is 30.7 Å². The van der Waals surface area contributed by atoms with Crippen molar-refractivity contribution < 1.29 is 23.7 Å². The van der Waals surface area contributed by atoms with Crippen molar-refractivity contribution in [1.29, 1.82) is 0 Å². The van der Waals surface area contributed by atoms with E-state index in [4.69, 9.17) is 18.9 Å². The van der Waals surface area contributed by atoms with E-state index in [-0.39, 0.29) is 6.54 Å². The number of benzene rings is 2. The van der Waals surface area contributed by atoms with E-state index in [9.17, 15) is 9.59 Å². The van der Waals surface area contributed by atoms with Crippen LogP contribution < -0.4 is 19.9 Å². The van der Waals surface area contributed by atoms with Crippen LogP contribution in [-0.4, -0.2) is 44.0 Å². The van der Waals surface area contributed by atoms with E-state index in [1.807, 2.05) is 0 Å². The van der Waals surface area contributed by atoms with Crippen LogP contribution in [0.5, 0.6) is 17.2 Å². The van der Waals surface area contributed by atoms with Crippen LogP contribution in [0.3, 0.4) is 0 Å². The summed E-state index contributed by atoms with van der Waals surface area (Å²) >= 11 is 0. The molecule has 0 radical (unpaired) electrons. The molecule has 1 unspecified atom stereocenters. The molecule has 0 aliphatic rings. The van der Waals surface area contributed by atoms with E-state index in [0.29, 0.717) is 34.0 Å². The van der Waals surface area contributed by atoms with Crippen LogP contribution in [0.25, 0.3) is 10.9 Å². The molecule has 30 heavy (non-hydrogen) atoms. The first-order chi connectivity index (χ1) is 14.4. The van der Waals surface area contributed by atoms with Gasteiger partial charge in [-0.1, -0.05) is 12.1 Å². The van der Waals surface area contributed by atoms with Crippen molar-refractivity contribution in [2.75, 3.05) is 28.4 Å². The van der Waals surface area contributed by atoms with Crippen molar-refractivity contribution in [3.05, 3.63) is 58.1 Å². The molecular weight excluding hydrogens is 388 g/mol. The Morgan fingerprint density at radius 1 is 1.00 bits per heavy atom. The first-order valence-electron chi connectivity index (χ1n) is 9.28. The van der Waals surface area contributed by atoms with Gasteiger partial charge in [-0.2, -0.15) is 4.98 Å². The first-order valence-corrected chi connectivity index (χ1v) is 9.28. The SMILES string of the molecule is COC(=O)C(Cn1c(=O)nc(C)c2cc(OC)c(OC)cc21)c1ccc(OC)cc1. The smallest absolute Gasteiger partial charge is 0.348 e. The Kier molecular flexibility index (Phi) is 6.25. The van der Waals surface area contributed by atoms with Crippen LogP contribution in [0, 0.1) is 6.92 Å². The van der Waals surface area contributed by atoms with Crippen molar-refractivity contribution in [1.82, 2.24) is 9.55 Å². The van der Waals surface area contributed by atoms with E-state index >= 15 is 0 Å². The van der Waals surface area contributed by atoms with Gasteiger partial charge in [0.1, 0.15) is 5.75 Å². The molecular formula is C22H24N2O6. The van der Waals surface area contributed by atoms with Crippen LogP contribution in [0.1, 0.15) is 17.2 Å². The molecule has 1 aromatic heterocycles. The maximum absolute atomic E-state index is 12.8. The Hall–Kier alpha value is -3.55. The molecule has 0 spiro atoms. The fraction of sp³-hybridized carbons (Fsp3) is 0.318. The number of ether oxygens (including phenoxy) is 4. The Balaban J connectivity index is 2.17. The summed E-state index contributed by atoms with van der Waals surface area (Å²) in [6.45, 7) is 1.80. The average molecular weight is 412 g/mol. The van der Waals surface area contributed by atoms with E-state index < -0.39 is 17.6 Å². The molecule has 3 rings (SSSR count). The summed E-state index contributed by atoms with van der Waals surface area (Å²) < 4.78 is 22.4. The summed E-state index contributed by atoms with van der Waals surface area (Å²) in [6.07, 6.45) is 0. The minimum Gasteiger partial charge on any atom is -0.497 e. The van der Waals surface area contributed by atoms with Crippen molar-refractivity contribution in [2.45, 2.75) is 19.4 Å². The number of nitrogens with zero attached hydrogens (tertiary/aromatic N) is 2. The van der Waals surface area contributed by atoms with Gasteiger partial charge in [0.05, 0.1) is 45.6 Å². The second-order valence-electron chi connectivity index (χ2n) is 6.66. The fourth-order valence-corrected chi connectivity index (χ4v) is 3.40. The molecule has 8 nitrogen and oxygen atoms in total. The van der Waals surface area contributed by atoms with E-state index in [1.54, 1.807) is 57.5 Å². The van der Waals surface area contributed by atoms with Crippen LogP contribution >= 0.6 is 0 Å². The highest BCUT2D eigenvalue weighted by atomic mass is 16.5. The molecule has 0 saturated carbocycles. The third-order valence-corrected chi connectivity index (χ3v) is 5.05. The van der Waals surface area contributed by atoms with Crippen molar-refractivity contribution in [3.63, 3.8) is 0 Å². The Labute approximate surface area is 174 Å². The number of aryl methyl sites for hydroxylation is 1. The monoisotopic (exact) mass is 412 g/mol. The molecule has 0 fully saturated rings. The van der Waals surface area contributed by atoms with E-state index in [2.05, 4.69) is 4.98 Å². The van der Waals surface area contributed by atoms with E-state index in [0.717, 1.165) is 5.39 Å². The summed E-state index contributed by atoms with van der Waals surface area (Å²) in [4.78, 5) is 29.5. The molecule has 0 N–H and O–H groups in total. The van der Waals surface area contributed by atoms with Crippen molar-refractivity contribution in [2.24, 2.45) is 0 Å². The van der Waals surface area contributed by atoms with E-state index in [1.165, 1.54) is 18.8 Å². The number of carbonyl (C=O) groups excluding carboxylic acids is 1. The summed E-state index contributed by atoms with van der Waals surface area (Å²) in [6, 6.07) is 10.6. The molecule has 158 valence electrons. The Bertz CT molecular complexity index is 1120. The third kappa shape index (κ3) is 3.94. The third-order valence-electron chi connectivity index (χ3n) is 5.05. The highest BCUT2D eigenvalue weighted by molar-refractivity contribution is 5.85. The van der Waals surface area contributed by atoms with Gasteiger partial charge in [-0.15, -0.1) is 0 Å². The van der Waals surface area contributed by atoms with Crippen LogP contribution in [-0.2, 0) is 16.1 Å². The largest absolute Gasteiger partial charge is 0.497 e. The van der Waals surface area contributed by atoms with Gasteiger partial charge in [0, 0.05) is 18.0 Å². The van der Waals surface area contributed by atoms with Gasteiger partial charge < -0.3 is 18.9 Å². The molecule has 0 saturated heterocycles. The molecule has 8 heteroatoms. The summed E-state index contributed by atoms with van der Waals surface area (Å²) in [7, 11) is 5.95. The number of carbonyl (C=O) groups is 1. The Morgan fingerprint density at radius 2 is 1.63 bits per heavy atom. The lowest BCUT2D eigenvalue weighted by atomic mass is 9.98. The topological polar surface area (TPSA) is 88.9 Å². The second-order valence-corrected chi connectivity index (χ2v) is 6.66. The fourth-order valence-electron chi connectivity index (χ4n) is 3.40. The number of hydrogen-bond acceptors (Lipinski definition) is 7. The minimum absolute atomic E-state index is 0.0527. The van der Waals surface area contributed by atoms with Crippen LogP contribution in [0.4, 0.5) is 0 Å². The van der Waals surface area contributed by atoms with Crippen molar-refractivity contribution >= 4 is 16.9 Å². The normalized spacial score (nSPS) is 11.8. The second kappa shape index (κ2) is 8.86. The van der Waals surface area contributed by atoms with Gasteiger partial charge in [-0.3, -0.25) is 9.36 Å². The number of fused-ring (bicyclic) bond motifs is 1. The Morgan fingerprint density at radius 3 is 2.20 bits per heavy atom. The highest BCUT2D eigenvalue weighted by Crippen LogP contribution is 2.33. The molecule has 2 aromatic carbocycles. The molecule has 0 aliphatic carbocycles. The van der Waals surface area contributed by atoms with Crippen LogP contribution in [0.2, 0.25) is 0 Å². The predicted octanol–water partition coefficient (Wildman–Crippen LogP) is 2.69. The standard InChI is InChI=1S/C22H24N2O6/c1-13-16-10-19(28-3)20(29-4)11-18(16)24(22(26)23-13)12-17(21(25)30-5)14-6-8-15(27-2)9-7-14/h6-11,17H,12H2,1-5H3. The number of aromatic nitrogens is 2. The maximum Gasteiger partial charge on any atom is 0.348 e. The van der Waals surface area contributed by atoms with Gasteiger partial charge in [-0.25, -0.2) is 4.79 Å². The number of methoxy groups -OCH3 is 4. The quantitative estimate of drug-likeness (QED) is 0.551. The summed E-state index contributed by atoms with van der Waals surface area (Å²) in [5.41, 5.74) is 1.39. The highest BCUT2D eigenvalue weighted by Gasteiger charge is 2.25. The number of esters is 1. The first kappa shape index (κ1) is 21.2. The summed E-state index contributed by atoms with van der Waals surface area (Å²) in [5.74, 6) is 0.502. The zero-order valence-corrected chi connectivity index (χ0v) is 17.6. The molecule has 1 heterocycles. The molecule has 3 aromatic rings. The average Bonchev–Trinajstić information content (AvgIpc) is 2.77. The minimum atomic E-state index is -0.709. The van der Waals surface area contributed by atoms with Crippen LogP contribution in [0.15, 0.2) is 41.2 Å². The number of rotatable bonds is 7. The van der Waals surface area contributed by atoms with Crippen molar-refractivity contribution in [3.8, 4) is 17.2 Å². The zero-order chi connectivity index (χ0) is 21.8. The van der Waals surface area contributed by atoms with Gasteiger partial charge in [0.25, 0.3) is 0 Å². The van der Waals surface area contributed by atoms with Gasteiger partial charge in [0.15, 0.2) is 11.5 Å². The predicted molar refractivity (Wildman–Crippen MR) is 112 cm³/mol. The molecule has 1 atom stereocenters. The van der Waals surface area contributed by atoms with Gasteiger partial charge in [0.2, 0.25) is 0 Å². The lowest BCUT2D eigenvalue weighted by Crippen LogP contribution is -2.30. The molecule has 0 bridgehead atoms. The lowest BCUT2D eigenvalue weighted by molar-refractivity contribution is -0.142. The number of hydrogen-bond donors (Lipinski definition) is 0. The maximum atomic E-state index is 12.8. The lowest BCUT2D eigenvalue weighted by Gasteiger charge is -2.19. The molecule has 0 amide bonds. The van der Waals surface area contributed by atoms with Gasteiger partial charge >= 0.3 is 11.7 Å². The zero-order valence-electron chi connectivity index (χ0n) is 17.6. The molecule has 0 aliphatic heterocycles.